The van der Waals surface area contributed by atoms with Crippen molar-refractivity contribution in [2.24, 2.45) is 0 Å². The van der Waals surface area contributed by atoms with Crippen LogP contribution in [0, 0.1) is 22.5 Å². The smallest absolute Gasteiger partial charge is 0.303 e. The van der Waals surface area contributed by atoms with Crippen LogP contribution in [0.25, 0.3) is 0 Å². The van der Waals surface area contributed by atoms with E-state index in [1.165, 1.54) is 6.07 Å². The molecule has 0 aliphatic heterocycles. The normalized spacial score (nSPS) is 8.92. The van der Waals surface area contributed by atoms with Crippen LogP contribution in [0.4, 0.5) is 11.5 Å². The number of anilines is 1. The number of nitrogens with zero attached hydrogens (tertiary/aromatic N) is 2. The summed E-state index contributed by atoms with van der Waals surface area (Å²) in [5, 5.41) is 10.3. The van der Waals surface area contributed by atoms with Gasteiger partial charge in [-0.3, -0.25) is 10.1 Å². The lowest BCUT2D eigenvalue weighted by molar-refractivity contribution is -0.385. The maximum Gasteiger partial charge on any atom is 0.303 e. The zero-order valence-electron chi connectivity index (χ0n) is 6.02. The Bertz CT molecular complexity index is 367. The second-order valence-electron chi connectivity index (χ2n) is 2.03. The lowest BCUT2D eigenvalue weighted by Gasteiger charge is -1.95. The summed E-state index contributed by atoms with van der Waals surface area (Å²) < 4.78 is 0. The molecule has 1 aromatic heterocycles. The highest BCUT2D eigenvalue weighted by Gasteiger charge is 2.11. The standard InChI is InChI=1S/C7H5N3O2/c1-2-5-3-7(8)9-4-6(5)10(11)12/h1,3-4H,(H2,8,9). The van der Waals surface area contributed by atoms with Crippen LogP contribution < -0.4 is 5.73 Å². The second-order valence-corrected chi connectivity index (χ2v) is 2.03. The van der Waals surface area contributed by atoms with Gasteiger partial charge in [-0.15, -0.1) is 6.42 Å². The van der Waals surface area contributed by atoms with Gasteiger partial charge in [-0.1, -0.05) is 5.92 Å². The number of pyridine rings is 1. The first kappa shape index (κ1) is 8.01. The van der Waals surface area contributed by atoms with Crippen molar-refractivity contribution in [2.75, 3.05) is 5.73 Å². The summed E-state index contributed by atoms with van der Waals surface area (Å²) in [5.41, 5.74) is 5.22. The van der Waals surface area contributed by atoms with Crippen LogP contribution in [0.15, 0.2) is 12.3 Å². The second kappa shape index (κ2) is 2.88. The van der Waals surface area contributed by atoms with Crippen molar-refractivity contribution in [1.29, 1.82) is 0 Å². The topological polar surface area (TPSA) is 82.0 Å². The van der Waals surface area contributed by atoms with E-state index in [9.17, 15) is 10.1 Å². The Morgan fingerprint density at radius 3 is 2.92 bits per heavy atom. The minimum absolute atomic E-state index is 0.146. The molecule has 1 aromatic rings. The van der Waals surface area contributed by atoms with Gasteiger partial charge in [0, 0.05) is 6.07 Å². The molecule has 0 saturated carbocycles. The Hall–Kier alpha value is -2.09. The van der Waals surface area contributed by atoms with Crippen molar-refractivity contribution >= 4 is 11.5 Å². The van der Waals surface area contributed by atoms with E-state index < -0.39 is 4.92 Å². The van der Waals surface area contributed by atoms with Gasteiger partial charge >= 0.3 is 5.69 Å². The molecule has 1 heterocycles. The summed E-state index contributed by atoms with van der Waals surface area (Å²) in [5.74, 6) is 2.33. The third kappa shape index (κ3) is 1.32. The van der Waals surface area contributed by atoms with Crippen LogP contribution in [0.3, 0.4) is 0 Å². The molecule has 12 heavy (non-hydrogen) atoms. The lowest BCUT2D eigenvalue weighted by atomic mass is 10.2. The molecule has 0 aliphatic carbocycles. The fourth-order valence-electron chi connectivity index (χ4n) is 0.725. The summed E-state index contributed by atoms with van der Waals surface area (Å²) >= 11 is 0. The van der Waals surface area contributed by atoms with Crippen LogP contribution in [0.1, 0.15) is 5.56 Å². The van der Waals surface area contributed by atoms with Crippen LogP contribution >= 0.6 is 0 Å². The number of nitrogens with two attached hydrogens (primary N) is 1. The quantitative estimate of drug-likeness (QED) is 0.372. The Labute approximate surface area is 68.4 Å². The van der Waals surface area contributed by atoms with Gasteiger partial charge in [-0.05, 0) is 0 Å². The molecule has 0 fully saturated rings. The molecule has 2 N–H and O–H groups in total. The van der Waals surface area contributed by atoms with Crippen molar-refractivity contribution in [2.45, 2.75) is 0 Å². The first-order chi connectivity index (χ1) is 5.65. The number of terminal acetylenes is 1. The first-order valence-electron chi connectivity index (χ1n) is 3.01. The van der Waals surface area contributed by atoms with Gasteiger partial charge in [0.2, 0.25) is 0 Å². The minimum Gasteiger partial charge on any atom is -0.384 e. The Kier molecular flexibility index (Phi) is 1.92. The minimum atomic E-state index is -0.596. The highest BCUT2D eigenvalue weighted by Crippen LogP contribution is 2.17. The third-order valence-corrected chi connectivity index (χ3v) is 1.26. The van der Waals surface area contributed by atoms with Crippen LogP contribution in [-0.4, -0.2) is 9.91 Å². The Morgan fingerprint density at radius 1 is 1.75 bits per heavy atom. The van der Waals surface area contributed by atoms with Gasteiger partial charge in [-0.25, -0.2) is 4.98 Å². The summed E-state index contributed by atoms with van der Waals surface area (Å²) in [6, 6.07) is 1.29. The zero-order chi connectivity index (χ0) is 9.14. The summed E-state index contributed by atoms with van der Waals surface area (Å²) in [7, 11) is 0. The molecule has 0 aromatic carbocycles. The van der Waals surface area contributed by atoms with Crippen LogP contribution in [0.5, 0.6) is 0 Å². The summed E-state index contributed by atoms with van der Waals surface area (Å²) in [6.07, 6.45) is 6.07. The molecule has 0 atom stereocenters. The van der Waals surface area contributed by atoms with E-state index in [0.717, 1.165) is 6.20 Å². The molecule has 0 aliphatic rings. The molecule has 60 valence electrons. The SMILES string of the molecule is C#Cc1cc(N)ncc1[N+](=O)[O-]. The fourth-order valence-corrected chi connectivity index (χ4v) is 0.725. The summed E-state index contributed by atoms with van der Waals surface area (Å²) in [6.45, 7) is 0. The van der Waals surface area contributed by atoms with Gasteiger partial charge in [0.25, 0.3) is 0 Å². The number of aromatic nitrogens is 1. The molecule has 0 spiro atoms. The molecule has 0 unspecified atom stereocenters. The number of rotatable bonds is 1. The molecule has 5 nitrogen and oxygen atoms in total. The van der Waals surface area contributed by atoms with E-state index >= 15 is 0 Å². The van der Waals surface area contributed by atoms with Gasteiger partial charge < -0.3 is 5.73 Å². The Balaban J connectivity index is 3.32. The van der Waals surface area contributed by atoms with E-state index in [-0.39, 0.29) is 17.1 Å². The number of hydrogen-bond donors (Lipinski definition) is 1. The molecular weight excluding hydrogens is 158 g/mol. The highest BCUT2D eigenvalue weighted by atomic mass is 16.6. The number of nitrogen functional groups attached to an aromatic ring is 1. The maximum atomic E-state index is 10.3. The van der Waals surface area contributed by atoms with Gasteiger partial charge in [0.05, 0.1) is 4.92 Å². The van der Waals surface area contributed by atoms with Crippen molar-refractivity contribution in [1.82, 2.24) is 4.98 Å². The van der Waals surface area contributed by atoms with Crippen molar-refractivity contribution in [3.8, 4) is 12.3 Å². The predicted molar refractivity (Wildman–Crippen MR) is 43.2 cm³/mol. The van der Waals surface area contributed by atoms with Gasteiger partial charge in [-0.2, -0.15) is 0 Å². The number of nitro groups is 1. The van der Waals surface area contributed by atoms with E-state index in [4.69, 9.17) is 12.2 Å². The predicted octanol–water partition coefficient (Wildman–Crippen LogP) is 0.553. The third-order valence-electron chi connectivity index (χ3n) is 1.26. The maximum absolute atomic E-state index is 10.3. The summed E-state index contributed by atoms with van der Waals surface area (Å²) in [4.78, 5) is 13.3. The molecular formula is C7H5N3O2. The van der Waals surface area contributed by atoms with E-state index in [2.05, 4.69) is 10.9 Å². The largest absolute Gasteiger partial charge is 0.384 e. The van der Waals surface area contributed by atoms with Crippen molar-refractivity contribution < 1.29 is 4.92 Å². The highest BCUT2D eigenvalue weighted by molar-refractivity contribution is 5.53. The average Bonchev–Trinajstić information content (AvgIpc) is 2.03. The number of hydrogen-bond acceptors (Lipinski definition) is 4. The lowest BCUT2D eigenvalue weighted by Crippen LogP contribution is -1.96. The van der Waals surface area contributed by atoms with Crippen molar-refractivity contribution in [3.05, 3.63) is 27.9 Å². The first-order valence-corrected chi connectivity index (χ1v) is 3.01. The van der Waals surface area contributed by atoms with Gasteiger partial charge in [0.15, 0.2) is 0 Å². The van der Waals surface area contributed by atoms with E-state index in [1.807, 2.05) is 0 Å². The van der Waals surface area contributed by atoms with Gasteiger partial charge in [0.1, 0.15) is 17.6 Å². The molecule has 0 radical (unpaired) electrons. The van der Waals surface area contributed by atoms with Crippen LogP contribution in [0.2, 0.25) is 0 Å². The Morgan fingerprint density at radius 2 is 2.42 bits per heavy atom. The fraction of sp³-hybridized carbons (Fsp3) is 0. The van der Waals surface area contributed by atoms with E-state index in [0.29, 0.717) is 0 Å². The molecule has 0 bridgehead atoms. The molecule has 5 heteroatoms. The molecule has 0 saturated heterocycles. The zero-order valence-corrected chi connectivity index (χ0v) is 6.02. The average molecular weight is 163 g/mol. The van der Waals surface area contributed by atoms with Crippen molar-refractivity contribution in [3.63, 3.8) is 0 Å². The molecule has 1 rings (SSSR count). The monoisotopic (exact) mass is 163 g/mol. The van der Waals surface area contributed by atoms with Crippen LogP contribution in [-0.2, 0) is 0 Å². The molecule has 0 amide bonds. The van der Waals surface area contributed by atoms with E-state index in [1.54, 1.807) is 0 Å².